The van der Waals surface area contributed by atoms with Crippen molar-refractivity contribution in [3.63, 3.8) is 0 Å². The summed E-state index contributed by atoms with van der Waals surface area (Å²) in [7, 11) is -3.64. The van der Waals surface area contributed by atoms with Crippen LogP contribution in [0.4, 0.5) is 0 Å². The van der Waals surface area contributed by atoms with Crippen LogP contribution in [0.1, 0.15) is 24.1 Å². The number of hydrogen-bond acceptors (Lipinski definition) is 2. The Hall–Kier alpha value is -0.910. The molecule has 0 radical (unpaired) electrons. The first-order valence-corrected chi connectivity index (χ1v) is 5.80. The average Bonchev–Trinajstić information content (AvgIpc) is 2.01. The standard InChI is InChI=1S/C9H14N2O2S/c1-7-5-3-4-6-9(7)8(2)11-14(10,12)13/h3-6,8,11H,1-2H3,(H2,10,12,13). The van der Waals surface area contributed by atoms with Crippen LogP contribution in [0.15, 0.2) is 24.3 Å². The minimum absolute atomic E-state index is 0.300. The molecule has 1 aromatic carbocycles. The van der Waals surface area contributed by atoms with Crippen molar-refractivity contribution in [1.29, 1.82) is 0 Å². The van der Waals surface area contributed by atoms with Gasteiger partial charge in [0.1, 0.15) is 0 Å². The minimum atomic E-state index is -3.64. The number of nitrogens with one attached hydrogen (secondary N) is 1. The highest BCUT2D eigenvalue weighted by atomic mass is 32.2. The van der Waals surface area contributed by atoms with Gasteiger partial charge in [-0.15, -0.1) is 0 Å². The van der Waals surface area contributed by atoms with Crippen LogP contribution in [0, 0.1) is 6.92 Å². The van der Waals surface area contributed by atoms with E-state index < -0.39 is 10.2 Å². The van der Waals surface area contributed by atoms with Crippen molar-refractivity contribution in [3.8, 4) is 0 Å². The van der Waals surface area contributed by atoms with Crippen molar-refractivity contribution in [2.24, 2.45) is 5.14 Å². The Morgan fingerprint density at radius 1 is 1.36 bits per heavy atom. The molecule has 3 N–H and O–H groups in total. The lowest BCUT2D eigenvalue weighted by Gasteiger charge is -2.14. The summed E-state index contributed by atoms with van der Waals surface area (Å²) in [5.74, 6) is 0. The molecule has 0 bridgehead atoms. The molecule has 5 heteroatoms. The van der Waals surface area contributed by atoms with Gasteiger partial charge in [0.25, 0.3) is 10.2 Å². The average molecular weight is 214 g/mol. The number of aryl methyl sites for hydroxylation is 1. The molecule has 0 aliphatic heterocycles. The summed E-state index contributed by atoms with van der Waals surface area (Å²) < 4.78 is 23.9. The maximum Gasteiger partial charge on any atom is 0.274 e. The van der Waals surface area contributed by atoms with Crippen LogP contribution in [0.3, 0.4) is 0 Å². The maximum absolute atomic E-state index is 10.8. The fourth-order valence-corrected chi connectivity index (χ4v) is 2.00. The molecule has 78 valence electrons. The van der Waals surface area contributed by atoms with Gasteiger partial charge < -0.3 is 0 Å². The Bertz CT molecular complexity index is 415. The monoisotopic (exact) mass is 214 g/mol. The smallest absolute Gasteiger partial charge is 0.216 e. The lowest BCUT2D eigenvalue weighted by molar-refractivity contribution is 0.568. The number of hydrogen-bond donors (Lipinski definition) is 2. The van der Waals surface area contributed by atoms with E-state index in [1.807, 2.05) is 31.2 Å². The molecular weight excluding hydrogens is 200 g/mol. The lowest BCUT2D eigenvalue weighted by Crippen LogP contribution is -2.33. The first-order valence-electron chi connectivity index (χ1n) is 4.26. The SMILES string of the molecule is Cc1ccccc1C(C)NS(N)(=O)=O. The molecule has 4 nitrogen and oxygen atoms in total. The Balaban J connectivity index is 2.90. The van der Waals surface area contributed by atoms with Gasteiger partial charge in [0, 0.05) is 6.04 Å². The van der Waals surface area contributed by atoms with E-state index in [0.29, 0.717) is 0 Å². The largest absolute Gasteiger partial charge is 0.274 e. The van der Waals surface area contributed by atoms with Gasteiger partial charge in [0.05, 0.1) is 0 Å². The summed E-state index contributed by atoms with van der Waals surface area (Å²) in [6.45, 7) is 3.68. The predicted octanol–water partition coefficient (Wildman–Crippen LogP) is 0.849. The summed E-state index contributed by atoms with van der Waals surface area (Å²) in [5.41, 5.74) is 1.97. The van der Waals surface area contributed by atoms with Crippen molar-refractivity contribution < 1.29 is 8.42 Å². The molecule has 0 saturated heterocycles. The van der Waals surface area contributed by atoms with E-state index in [4.69, 9.17) is 5.14 Å². The molecule has 0 fully saturated rings. The molecule has 14 heavy (non-hydrogen) atoms. The highest BCUT2D eigenvalue weighted by Gasteiger charge is 2.12. The second-order valence-corrected chi connectivity index (χ2v) is 4.57. The maximum atomic E-state index is 10.8. The molecule has 0 amide bonds. The van der Waals surface area contributed by atoms with E-state index in [1.165, 1.54) is 0 Å². The van der Waals surface area contributed by atoms with Crippen molar-refractivity contribution in [3.05, 3.63) is 35.4 Å². The van der Waals surface area contributed by atoms with Crippen molar-refractivity contribution in [1.82, 2.24) is 4.72 Å². The van der Waals surface area contributed by atoms with Crippen LogP contribution in [0.25, 0.3) is 0 Å². The molecule has 0 spiro atoms. The predicted molar refractivity (Wildman–Crippen MR) is 55.8 cm³/mol. The van der Waals surface area contributed by atoms with E-state index in [-0.39, 0.29) is 6.04 Å². The van der Waals surface area contributed by atoms with Crippen LogP contribution in [-0.2, 0) is 10.2 Å². The Morgan fingerprint density at radius 2 is 1.93 bits per heavy atom. The topological polar surface area (TPSA) is 72.2 Å². The third kappa shape index (κ3) is 3.10. The lowest BCUT2D eigenvalue weighted by atomic mass is 10.0. The quantitative estimate of drug-likeness (QED) is 0.783. The first kappa shape index (κ1) is 11.2. The third-order valence-corrected chi connectivity index (χ3v) is 2.68. The van der Waals surface area contributed by atoms with Crippen molar-refractivity contribution in [2.75, 3.05) is 0 Å². The molecule has 0 heterocycles. The van der Waals surface area contributed by atoms with Crippen LogP contribution < -0.4 is 9.86 Å². The zero-order valence-corrected chi connectivity index (χ0v) is 9.01. The summed E-state index contributed by atoms with van der Waals surface area (Å²) in [4.78, 5) is 0. The Morgan fingerprint density at radius 3 is 2.43 bits per heavy atom. The van der Waals surface area contributed by atoms with Gasteiger partial charge in [-0.25, -0.2) is 5.14 Å². The highest BCUT2D eigenvalue weighted by Crippen LogP contribution is 2.16. The molecule has 1 rings (SSSR count). The third-order valence-electron chi connectivity index (χ3n) is 2.00. The van der Waals surface area contributed by atoms with Crippen LogP contribution in [0.2, 0.25) is 0 Å². The second-order valence-electron chi connectivity index (χ2n) is 3.24. The van der Waals surface area contributed by atoms with Crippen molar-refractivity contribution in [2.45, 2.75) is 19.9 Å². The van der Waals surface area contributed by atoms with Gasteiger partial charge in [-0.3, -0.25) is 0 Å². The summed E-state index contributed by atoms with van der Waals surface area (Å²) in [5, 5.41) is 4.88. The Labute approximate surface area is 84.3 Å². The van der Waals surface area contributed by atoms with Gasteiger partial charge in [-0.1, -0.05) is 24.3 Å². The summed E-state index contributed by atoms with van der Waals surface area (Å²) >= 11 is 0. The van der Waals surface area contributed by atoms with Crippen LogP contribution in [-0.4, -0.2) is 8.42 Å². The number of rotatable bonds is 3. The molecular formula is C9H14N2O2S. The van der Waals surface area contributed by atoms with Gasteiger partial charge in [-0.05, 0) is 25.0 Å². The molecule has 0 saturated carbocycles. The molecule has 1 unspecified atom stereocenters. The molecule has 0 aliphatic carbocycles. The van der Waals surface area contributed by atoms with E-state index in [1.54, 1.807) is 6.92 Å². The summed E-state index contributed by atoms with van der Waals surface area (Å²) in [6, 6.07) is 7.27. The van der Waals surface area contributed by atoms with Gasteiger partial charge in [-0.2, -0.15) is 13.1 Å². The molecule has 1 atom stereocenters. The van der Waals surface area contributed by atoms with E-state index >= 15 is 0 Å². The zero-order chi connectivity index (χ0) is 10.8. The fourth-order valence-electron chi connectivity index (χ4n) is 1.38. The minimum Gasteiger partial charge on any atom is -0.216 e. The molecule has 1 aromatic rings. The number of benzene rings is 1. The number of nitrogens with two attached hydrogens (primary N) is 1. The zero-order valence-electron chi connectivity index (χ0n) is 8.19. The van der Waals surface area contributed by atoms with Gasteiger partial charge in [0.2, 0.25) is 0 Å². The molecule has 0 aliphatic rings. The Kier molecular flexibility index (Phi) is 3.25. The van der Waals surface area contributed by atoms with E-state index in [0.717, 1.165) is 11.1 Å². The molecule has 0 aromatic heterocycles. The van der Waals surface area contributed by atoms with Crippen LogP contribution >= 0.6 is 0 Å². The first-order chi connectivity index (χ1) is 6.40. The summed E-state index contributed by atoms with van der Waals surface area (Å²) in [6.07, 6.45) is 0. The van der Waals surface area contributed by atoms with Gasteiger partial charge >= 0.3 is 0 Å². The second kappa shape index (κ2) is 4.08. The highest BCUT2D eigenvalue weighted by molar-refractivity contribution is 7.87. The fraction of sp³-hybridized carbons (Fsp3) is 0.333. The van der Waals surface area contributed by atoms with Crippen LogP contribution in [0.5, 0.6) is 0 Å². The normalized spacial score (nSPS) is 13.9. The van der Waals surface area contributed by atoms with E-state index in [9.17, 15) is 8.42 Å². The van der Waals surface area contributed by atoms with Gasteiger partial charge in [0.15, 0.2) is 0 Å². The van der Waals surface area contributed by atoms with E-state index in [2.05, 4.69) is 4.72 Å². The van der Waals surface area contributed by atoms with Crippen molar-refractivity contribution >= 4 is 10.2 Å².